The number of aryl methyl sites for hydroxylation is 2. The second kappa shape index (κ2) is 7.79. The van der Waals surface area contributed by atoms with E-state index in [1.807, 2.05) is 41.9 Å². The molecule has 132 valence electrons. The Kier molecular flexibility index (Phi) is 5.07. The Morgan fingerprint density at radius 2 is 2.12 bits per heavy atom. The zero-order valence-electron chi connectivity index (χ0n) is 14.5. The average Bonchev–Trinajstić information content (AvgIpc) is 3.21. The molecule has 0 unspecified atom stereocenters. The highest BCUT2D eigenvalue weighted by atomic mass is 32.1. The van der Waals surface area contributed by atoms with Crippen molar-refractivity contribution in [2.24, 2.45) is 0 Å². The topological polar surface area (TPSA) is 54.9 Å². The van der Waals surface area contributed by atoms with Gasteiger partial charge in [-0.2, -0.15) is 11.3 Å². The molecule has 26 heavy (non-hydrogen) atoms. The standard InChI is InChI=1S/C21H21N3OS/c25-20(10-9-15-11-12-26-14-15)23-18-7-4-8-19-17(18)13-22-21(24-19)16-5-2-1-3-6-16/h1-3,5-6,11-14,18H,4,7-10H2,(H,23,25)/t18-/m0/s1. The van der Waals surface area contributed by atoms with Crippen LogP contribution in [-0.2, 0) is 17.6 Å². The van der Waals surface area contributed by atoms with Crippen LogP contribution in [0.3, 0.4) is 0 Å². The van der Waals surface area contributed by atoms with Crippen LogP contribution < -0.4 is 5.32 Å². The third-order valence-corrected chi connectivity index (χ3v) is 5.50. The van der Waals surface area contributed by atoms with Crippen LogP contribution in [0.2, 0.25) is 0 Å². The zero-order valence-corrected chi connectivity index (χ0v) is 15.3. The van der Waals surface area contributed by atoms with Gasteiger partial charge in [-0.05, 0) is 48.1 Å². The first kappa shape index (κ1) is 16.9. The molecule has 4 rings (SSSR count). The van der Waals surface area contributed by atoms with E-state index in [4.69, 9.17) is 4.98 Å². The van der Waals surface area contributed by atoms with Gasteiger partial charge in [0.2, 0.25) is 5.91 Å². The molecule has 5 heteroatoms. The number of carbonyl (C=O) groups is 1. The molecule has 3 aromatic rings. The predicted molar refractivity (Wildman–Crippen MR) is 104 cm³/mol. The second-order valence-corrected chi connectivity index (χ2v) is 7.39. The third-order valence-electron chi connectivity index (χ3n) is 4.77. The summed E-state index contributed by atoms with van der Waals surface area (Å²) in [6.07, 6.45) is 6.13. The van der Waals surface area contributed by atoms with Gasteiger partial charge in [0.15, 0.2) is 5.82 Å². The molecule has 0 aliphatic heterocycles. The van der Waals surface area contributed by atoms with Crippen molar-refractivity contribution in [2.75, 3.05) is 0 Å². The van der Waals surface area contributed by atoms with Crippen LogP contribution in [0.15, 0.2) is 53.4 Å². The summed E-state index contributed by atoms with van der Waals surface area (Å²) in [5.41, 5.74) is 4.38. The fourth-order valence-electron chi connectivity index (χ4n) is 3.38. The van der Waals surface area contributed by atoms with Crippen molar-refractivity contribution in [3.05, 3.63) is 70.2 Å². The zero-order chi connectivity index (χ0) is 17.8. The number of hydrogen-bond acceptors (Lipinski definition) is 4. The minimum absolute atomic E-state index is 0.0264. The maximum Gasteiger partial charge on any atom is 0.220 e. The quantitative estimate of drug-likeness (QED) is 0.734. The van der Waals surface area contributed by atoms with E-state index in [1.54, 1.807) is 11.3 Å². The lowest BCUT2D eigenvalue weighted by atomic mass is 9.92. The van der Waals surface area contributed by atoms with Gasteiger partial charge in [-0.25, -0.2) is 9.97 Å². The molecule has 0 radical (unpaired) electrons. The molecule has 1 N–H and O–H groups in total. The normalized spacial score (nSPS) is 16.1. The predicted octanol–water partition coefficient (Wildman–Crippen LogP) is 4.33. The smallest absolute Gasteiger partial charge is 0.220 e. The molecule has 1 amide bonds. The first-order valence-corrected chi connectivity index (χ1v) is 9.95. The van der Waals surface area contributed by atoms with Gasteiger partial charge in [-0.15, -0.1) is 0 Å². The first-order chi connectivity index (χ1) is 12.8. The molecular formula is C21H21N3OS. The van der Waals surface area contributed by atoms with E-state index in [2.05, 4.69) is 21.7 Å². The number of amides is 1. The minimum atomic E-state index is 0.0264. The number of rotatable bonds is 5. The largest absolute Gasteiger partial charge is 0.349 e. The summed E-state index contributed by atoms with van der Waals surface area (Å²) in [6.45, 7) is 0. The highest BCUT2D eigenvalue weighted by Gasteiger charge is 2.23. The number of fused-ring (bicyclic) bond motifs is 1. The van der Waals surface area contributed by atoms with E-state index in [0.717, 1.165) is 48.3 Å². The summed E-state index contributed by atoms with van der Waals surface area (Å²) in [5.74, 6) is 0.856. The van der Waals surface area contributed by atoms with Crippen LogP contribution in [0.25, 0.3) is 11.4 Å². The van der Waals surface area contributed by atoms with Gasteiger partial charge < -0.3 is 5.32 Å². The molecular weight excluding hydrogens is 342 g/mol. The Labute approximate surface area is 157 Å². The van der Waals surface area contributed by atoms with Crippen molar-refractivity contribution >= 4 is 17.2 Å². The molecule has 0 bridgehead atoms. The molecule has 1 aliphatic carbocycles. The SMILES string of the molecule is O=C(CCc1ccsc1)N[C@H]1CCCc2nc(-c3ccccc3)ncc21. The van der Waals surface area contributed by atoms with Gasteiger partial charge in [0.05, 0.1) is 6.04 Å². The molecule has 0 saturated carbocycles. The lowest BCUT2D eigenvalue weighted by Gasteiger charge is -2.25. The summed E-state index contributed by atoms with van der Waals surface area (Å²) in [6, 6.07) is 12.1. The Morgan fingerprint density at radius 3 is 2.92 bits per heavy atom. The third kappa shape index (κ3) is 3.83. The minimum Gasteiger partial charge on any atom is -0.349 e. The highest BCUT2D eigenvalue weighted by molar-refractivity contribution is 7.07. The Balaban J connectivity index is 1.46. The number of benzene rings is 1. The van der Waals surface area contributed by atoms with Crippen LogP contribution in [0, 0.1) is 0 Å². The number of aromatic nitrogens is 2. The summed E-state index contributed by atoms with van der Waals surface area (Å²) >= 11 is 1.67. The maximum atomic E-state index is 12.4. The Bertz CT molecular complexity index is 878. The van der Waals surface area contributed by atoms with Crippen LogP contribution in [0.1, 0.15) is 42.1 Å². The van der Waals surface area contributed by atoms with Crippen molar-refractivity contribution in [2.45, 2.75) is 38.1 Å². The van der Waals surface area contributed by atoms with Crippen molar-refractivity contribution in [1.29, 1.82) is 0 Å². The summed E-state index contributed by atoms with van der Waals surface area (Å²) in [4.78, 5) is 21.7. The van der Waals surface area contributed by atoms with Crippen LogP contribution >= 0.6 is 11.3 Å². The van der Waals surface area contributed by atoms with Crippen LogP contribution in [0.5, 0.6) is 0 Å². The number of nitrogens with zero attached hydrogens (tertiary/aromatic N) is 2. The molecule has 0 spiro atoms. The van der Waals surface area contributed by atoms with Gasteiger partial charge in [-0.3, -0.25) is 4.79 Å². The van der Waals surface area contributed by atoms with Crippen molar-refractivity contribution in [3.8, 4) is 11.4 Å². The molecule has 0 saturated heterocycles. The molecule has 1 aliphatic rings. The van der Waals surface area contributed by atoms with Gasteiger partial charge in [-0.1, -0.05) is 30.3 Å². The van der Waals surface area contributed by atoms with Crippen molar-refractivity contribution in [1.82, 2.24) is 15.3 Å². The fraction of sp³-hybridized carbons (Fsp3) is 0.286. The monoisotopic (exact) mass is 363 g/mol. The second-order valence-electron chi connectivity index (χ2n) is 6.61. The first-order valence-electron chi connectivity index (χ1n) is 9.01. The lowest BCUT2D eigenvalue weighted by molar-refractivity contribution is -0.121. The highest BCUT2D eigenvalue weighted by Crippen LogP contribution is 2.29. The van der Waals surface area contributed by atoms with Crippen LogP contribution in [0.4, 0.5) is 0 Å². The number of nitrogens with one attached hydrogen (secondary N) is 1. The van der Waals surface area contributed by atoms with Crippen molar-refractivity contribution in [3.63, 3.8) is 0 Å². The fourth-order valence-corrected chi connectivity index (χ4v) is 4.09. The van der Waals surface area contributed by atoms with E-state index >= 15 is 0 Å². The number of thiophene rings is 1. The number of hydrogen-bond donors (Lipinski definition) is 1. The Hall–Kier alpha value is -2.53. The molecule has 1 aromatic carbocycles. The maximum absolute atomic E-state index is 12.4. The van der Waals surface area contributed by atoms with Gasteiger partial charge in [0, 0.05) is 29.4 Å². The van der Waals surface area contributed by atoms with E-state index in [9.17, 15) is 4.79 Å². The Morgan fingerprint density at radius 1 is 1.23 bits per heavy atom. The summed E-state index contributed by atoms with van der Waals surface area (Å²) < 4.78 is 0. The van der Waals surface area contributed by atoms with Gasteiger partial charge >= 0.3 is 0 Å². The van der Waals surface area contributed by atoms with E-state index in [-0.39, 0.29) is 11.9 Å². The molecule has 4 nitrogen and oxygen atoms in total. The lowest BCUT2D eigenvalue weighted by Crippen LogP contribution is -2.31. The summed E-state index contributed by atoms with van der Waals surface area (Å²) in [7, 11) is 0. The molecule has 1 atom stereocenters. The average molecular weight is 363 g/mol. The number of carbonyl (C=O) groups excluding carboxylic acids is 1. The van der Waals surface area contributed by atoms with Crippen molar-refractivity contribution < 1.29 is 4.79 Å². The van der Waals surface area contributed by atoms with E-state index < -0.39 is 0 Å². The van der Waals surface area contributed by atoms with Gasteiger partial charge in [0.25, 0.3) is 0 Å². The molecule has 2 aromatic heterocycles. The van der Waals surface area contributed by atoms with E-state index in [1.165, 1.54) is 5.56 Å². The van der Waals surface area contributed by atoms with Crippen LogP contribution in [-0.4, -0.2) is 15.9 Å². The van der Waals surface area contributed by atoms with E-state index in [0.29, 0.717) is 6.42 Å². The molecule has 0 fully saturated rings. The summed E-state index contributed by atoms with van der Waals surface area (Å²) in [5, 5.41) is 7.33. The molecule has 2 heterocycles. The van der Waals surface area contributed by atoms with Gasteiger partial charge in [0.1, 0.15) is 0 Å².